The summed E-state index contributed by atoms with van der Waals surface area (Å²) in [4.78, 5) is 0. The predicted molar refractivity (Wildman–Crippen MR) is 144 cm³/mol. The predicted octanol–water partition coefficient (Wildman–Crippen LogP) is 6.91. The number of methoxy groups -OCH3 is 1. The van der Waals surface area contributed by atoms with Gasteiger partial charge in [0.15, 0.2) is 0 Å². The summed E-state index contributed by atoms with van der Waals surface area (Å²) in [6, 6.07) is 4.52. The van der Waals surface area contributed by atoms with Gasteiger partial charge in [-0.1, -0.05) is 33.6 Å². The molecule has 39 heavy (non-hydrogen) atoms. The molecule has 0 spiro atoms. The quantitative estimate of drug-likeness (QED) is 0.344. The minimum atomic E-state index is -2.84. The lowest BCUT2D eigenvalue weighted by Crippen LogP contribution is -2.64. The van der Waals surface area contributed by atoms with Crippen LogP contribution in [0.5, 0.6) is 5.75 Å². The Morgan fingerprint density at radius 2 is 1.67 bits per heavy atom. The maximum atomic E-state index is 16.0. The fourth-order valence-corrected chi connectivity index (χ4v) is 10.1. The number of fused-ring (bicyclic) bond motifs is 5. The smallest absolute Gasteiger partial charge is 0.251 e. The van der Waals surface area contributed by atoms with E-state index in [1.807, 2.05) is 0 Å². The van der Waals surface area contributed by atoms with Gasteiger partial charge in [0.2, 0.25) is 0 Å². The molecule has 11 atom stereocenters. The maximum absolute atomic E-state index is 16.0. The number of ether oxygens (including phenoxy) is 1. The van der Waals surface area contributed by atoms with Crippen molar-refractivity contribution in [3.63, 3.8) is 0 Å². The van der Waals surface area contributed by atoms with E-state index in [-0.39, 0.29) is 34.7 Å². The van der Waals surface area contributed by atoms with Gasteiger partial charge in [0.25, 0.3) is 5.92 Å². The van der Waals surface area contributed by atoms with Crippen molar-refractivity contribution in [3.05, 3.63) is 29.6 Å². The third-order valence-electron chi connectivity index (χ3n) is 12.2. The Kier molecular flexibility index (Phi) is 7.87. The lowest BCUT2D eigenvalue weighted by molar-refractivity contribution is -0.258. The number of halogens is 3. The van der Waals surface area contributed by atoms with Crippen molar-refractivity contribution >= 4 is 0 Å². The van der Waals surface area contributed by atoms with Gasteiger partial charge in [0, 0.05) is 24.0 Å². The van der Waals surface area contributed by atoms with Crippen molar-refractivity contribution < 1.29 is 33.2 Å². The second-order valence-corrected chi connectivity index (χ2v) is 14.0. The molecule has 0 heterocycles. The molecule has 1 unspecified atom stereocenters. The van der Waals surface area contributed by atoms with Crippen LogP contribution in [0, 0.1) is 52.2 Å². The first-order valence-corrected chi connectivity index (χ1v) is 15.1. The van der Waals surface area contributed by atoms with E-state index in [2.05, 4.69) is 20.8 Å². The second-order valence-electron chi connectivity index (χ2n) is 14.0. The van der Waals surface area contributed by atoms with E-state index < -0.39 is 41.9 Å². The molecule has 7 heteroatoms. The summed E-state index contributed by atoms with van der Waals surface area (Å²) in [5, 5.41) is 31.6. The van der Waals surface area contributed by atoms with Gasteiger partial charge in [-0.05, 0) is 97.5 Å². The van der Waals surface area contributed by atoms with Gasteiger partial charge in [-0.25, -0.2) is 13.2 Å². The van der Waals surface area contributed by atoms with Crippen LogP contribution in [0.15, 0.2) is 18.2 Å². The standard InChI is InChI=1S/C32H47F3O4/c1-18(6-5-7-26(36)20-9-8-19(39-4)16-25(20)33)21-10-11-22-28-23(12-14-30(21,22)2)31(3)15-13-27(37)29(38)24(31)17-32(28,34)35/h8-9,16,18,21-24,26-29,36-38H,5-7,10-15,17H2,1-4H3/t18-,21-,22+,23+,24+,26?,27+,28+,29-,30-,31-/m1/s1. The van der Waals surface area contributed by atoms with Gasteiger partial charge in [-0.3, -0.25) is 0 Å². The SMILES string of the molecule is COc1ccc(C(O)CCC[C@@H](C)[C@H]2CC[C@H]3[C@H]4[C@H](CC[C@]23C)[C@@]2(C)CC[C@H](O)[C@H](O)[C@@H]2CC4(F)F)c(F)c1. The molecule has 0 saturated heterocycles. The lowest BCUT2D eigenvalue weighted by atomic mass is 9.43. The number of benzene rings is 1. The topological polar surface area (TPSA) is 69.9 Å². The molecule has 0 aromatic heterocycles. The Morgan fingerprint density at radius 1 is 0.974 bits per heavy atom. The monoisotopic (exact) mass is 552 g/mol. The largest absolute Gasteiger partial charge is 0.497 e. The molecule has 1 aromatic carbocycles. The zero-order valence-electron chi connectivity index (χ0n) is 23.9. The Balaban J connectivity index is 1.26. The van der Waals surface area contributed by atoms with E-state index in [1.54, 1.807) is 12.1 Å². The Hall–Kier alpha value is -1.31. The Labute approximate surface area is 231 Å². The third-order valence-corrected chi connectivity index (χ3v) is 12.2. The molecule has 4 aliphatic carbocycles. The number of hydrogen-bond donors (Lipinski definition) is 3. The minimum absolute atomic E-state index is 0.0422. The van der Waals surface area contributed by atoms with Gasteiger partial charge in [0.1, 0.15) is 11.6 Å². The molecule has 0 bridgehead atoms. The summed E-state index contributed by atoms with van der Waals surface area (Å²) in [6.07, 6.45) is 3.51. The number of hydrogen-bond acceptors (Lipinski definition) is 4. The summed E-state index contributed by atoms with van der Waals surface area (Å²) in [7, 11) is 1.48. The molecule has 0 aliphatic heterocycles. The molecule has 220 valence electrons. The molecule has 4 fully saturated rings. The summed E-state index contributed by atoms with van der Waals surface area (Å²) < 4.78 is 51.4. The van der Waals surface area contributed by atoms with E-state index in [1.165, 1.54) is 13.2 Å². The summed E-state index contributed by atoms with van der Waals surface area (Å²) in [5.74, 6) is -3.62. The molecule has 4 nitrogen and oxygen atoms in total. The lowest BCUT2D eigenvalue weighted by Gasteiger charge is -2.63. The maximum Gasteiger partial charge on any atom is 0.251 e. The van der Waals surface area contributed by atoms with Crippen LogP contribution in [-0.4, -0.2) is 40.6 Å². The molecule has 4 saturated carbocycles. The second kappa shape index (κ2) is 10.5. The van der Waals surface area contributed by atoms with Crippen molar-refractivity contribution in [1.82, 2.24) is 0 Å². The van der Waals surface area contributed by atoms with Crippen LogP contribution in [0.3, 0.4) is 0 Å². The Morgan fingerprint density at radius 3 is 2.36 bits per heavy atom. The Bertz CT molecular complexity index is 1030. The fourth-order valence-electron chi connectivity index (χ4n) is 10.1. The molecule has 0 amide bonds. The number of aliphatic hydroxyl groups is 3. The van der Waals surface area contributed by atoms with Crippen LogP contribution in [0.4, 0.5) is 13.2 Å². The van der Waals surface area contributed by atoms with Crippen LogP contribution in [0.1, 0.15) is 96.6 Å². The van der Waals surface area contributed by atoms with E-state index in [4.69, 9.17) is 4.74 Å². The van der Waals surface area contributed by atoms with E-state index >= 15 is 8.78 Å². The van der Waals surface area contributed by atoms with Gasteiger partial charge in [-0.2, -0.15) is 0 Å². The molecular weight excluding hydrogens is 505 g/mol. The minimum Gasteiger partial charge on any atom is -0.497 e. The van der Waals surface area contributed by atoms with E-state index in [0.717, 1.165) is 38.5 Å². The summed E-state index contributed by atoms with van der Waals surface area (Å²) in [5.41, 5.74) is -0.231. The highest BCUT2D eigenvalue weighted by Crippen LogP contribution is 2.71. The first-order chi connectivity index (χ1) is 18.3. The van der Waals surface area contributed by atoms with Gasteiger partial charge < -0.3 is 20.1 Å². The zero-order valence-corrected chi connectivity index (χ0v) is 23.9. The van der Waals surface area contributed by atoms with E-state index in [0.29, 0.717) is 36.8 Å². The van der Waals surface area contributed by atoms with Gasteiger partial charge >= 0.3 is 0 Å². The summed E-state index contributed by atoms with van der Waals surface area (Å²) in [6.45, 7) is 6.57. The number of aliphatic hydroxyl groups excluding tert-OH is 3. The molecule has 1 aromatic rings. The van der Waals surface area contributed by atoms with Crippen LogP contribution in [0.25, 0.3) is 0 Å². The number of alkyl halides is 2. The molecule has 4 aliphatic rings. The normalized spacial score (nSPS) is 42.7. The average Bonchev–Trinajstić information content (AvgIpc) is 3.24. The van der Waals surface area contributed by atoms with Crippen molar-refractivity contribution in [2.75, 3.05) is 7.11 Å². The number of rotatable bonds is 7. The van der Waals surface area contributed by atoms with Gasteiger partial charge in [0.05, 0.1) is 25.4 Å². The highest BCUT2D eigenvalue weighted by atomic mass is 19.3. The third kappa shape index (κ3) is 4.82. The zero-order chi connectivity index (χ0) is 28.3. The fraction of sp³-hybridized carbons (Fsp3) is 0.812. The first kappa shape index (κ1) is 29.2. The van der Waals surface area contributed by atoms with Crippen molar-refractivity contribution in [3.8, 4) is 5.75 Å². The molecule has 0 radical (unpaired) electrons. The average molecular weight is 553 g/mol. The van der Waals surface area contributed by atoms with E-state index in [9.17, 15) is 19.7 Å². The van der Waals surface area contributed by atoms with Crippen molar-refractivity contribution in [2.24, 2.45) is 46.3 Å². The summed E-state index contributed by atoms with van der Waals surface area (Å²) >= 11 is 0. The van der Waals surface area contributed by atoms with Crippen LogP contribution >= 0.6 is 0 Å². The van der Waals surface area contributed by atoms with Crippen LogP contribution in [0.2, 0.25) is 0 Å². The van der Waals surface area contributed by atoms with Crippen molar-refractivity contribution in [1.29, 1.82) is 0 Å². The first-order valence-electron chi connectivity index (χ1n) is 15.1. The highest BCUT2D eigenvalue weighted by molar-refractivity contribution is 5.30. The van der Waals surface area contributed by atoms with Gasteiger partial charge in [-0.15, -0.1) is 0 Å². The molecular formula is C32H47F3O4. The molecule has 5 rings (SSSR count). The van der Waals surface area contributed by atoms with Crippen LogP contribution < -0.4 is 4.74 Å². The van der Waals surface area contributed by atoms with Crippen LogP contribution in [-0.2, 0) is 0 Å². The molecule has 3 N–H and O–H groups in total. The highest BCUT2D eigenvalue weighted by Gasteiger charge is 2.69. The van der Waals surface area contributed by atoms with Crippen molar-refractivity contribution in [2.45, 2.75) is 109 Å².